The van der Waals surface area contributed by atoms with Crippen molar-refractivity contribution in [2.45, 2.75) is 45.7 Å². The molecule has 0 aromatic heterocycles. The monoisotopic (exact) mass is 382 g/mol. The molecule has 0 fully saturated rings. The number of ether oxygens (including phenoxy) is 2. The van der Waals surface area contributed by atoms with Gasteiger partial charge in [-0.25, -0.2) is 0 Å². The molecule has 0 bridgehead atoms. The van der Waals surface area contributed by atoms with Crippen LogP contribution in [-0.2, 0) is 16.8 Å². The quantitative estimate of drug-likeness (QED) is 0.833. The summed E-state index contributed by atoms with van der Waals surface area (Å²) >= 11 is 0. The number of carbonyl (C=O) groups is 2. The molecule has 6 heteroatoms. The van der Waals surface area contributed by atoms with E-state index in [0.29, 0.717) is 23.6 Å². The molecule has 0 saturated carbocycles. The van der Waals surface area contributed by atoms with Gasteiger partial charge in [-0.1, -0.05) is 39.0 Å². The zero-order valence-electron chi connectivity index (χ0n) is 16.7. The highest BCUT2D eigenvalue weighted by atomic mass is 16.7. The van der Waals surface area contributed by atoms with Crippen molar-refractivity contribution >= 4 is 11.8 Å². The highest BCUT2D eigenvalue weighted by Crippen LogP contribution is 2.32. The van der Waals surface area contributed by atoms with E-state index in [2.05, 4.69) is 31.4 Å². The van der Waals surface area contributed by atoms with Gasteiger partial charge in [0, 0.05) is 12.1 Å². The van der Waals surface area contributed by atoms with Gasteiger partial charge in [-0.3, -0.25) is 9.59 Å². The predicted octanol–water partition coefficient (Wildman–Crippen LogP) is 3.15. The van der Waals surface area contributed by atoms with Crippen LogP contribution in [0.4, 0.5) is 0 Å². The average molecular weight is 382 g/mol. The summed E-state index contributed by atoms with van der Waals surface area (Å²) in [5.74, 6) is 0.850. The molecule has 1 aliphatic rings. The second-order valence-electron chi connectivity index (χ2n) is 7.93. The average Bonchev–Trinajstić information content (AvgIpc) is 3.13. The molecule has 1 unspecified atom stereocenters. The summed E-state index contributed by atoms with van der Waals surface area (Å²) in [4.78, 5) is 24.7. The number of benzene rings is 2. The highest BCUT2D eigenvalue weighted by Gasteiger charge is 2.19. The van der Waals surface area contributed by atoms with Crippen molar-refractivity contribution in [3.63, 3.8) is 0 Å². The summed E-state index contributed by atoms with van der Waals surface area (Å²) in [5.41, 5.74) is 2.60. The maximum atomic E-state index is 12.4. The number of hydrogen-bond donors (Lipinski definition) is 2. The summed E-state index contributed by atoms with van der Waals surface area (Å²) in [6, 6.07) is 12.3. The largest absolute Gasteiger partial charge is 0.454 e. The van der Waals surface area contributed by atoms with Gasteiger partial charge in [0.25, 0.3) is 5.91 Å². The van der Waals surface area contributed by atoms with Crippen LogP contribution >= 0.6 is 0 Å². The van der Waals surface area contributed by atoms with E-state index in [1.54, 1.807) is 19.1 Å². The third kappa shape index (κ3) is 4.63. The Morgan fingerprint density at radius 1 is 1.04 bits per heavy atom. The molecule has 2 aromatic carbocycles. The molecule has 0 aliphatic carbocycles. The van der Waals surface area contributed by atoms with E-state index in [4.69, 9.17) is 9.47 Å². The van der Waals surface area contributed by atoms with Crippen LogP contribution in [0.15, 0.2) is 42.5 Å². The molecule has 1 aliphatic heterocycles. The lowest BCUT2D eigenvalue weighted by atomic mass is 9.86. The van der Waals surface area contributed by atoms with Crippen LogP contribution in [0.25, 0.3) is 0 Å². The Kier molecular flexibility index (Phi) is 5.58. The first-order valence-electron chi connectivity index (χ1n) is 9.32. The molecule has 1 heterocycles. The Labute approximate surface area is 165 Å². The molecular weight excluding hydrogens is 356 g/mol. The molecule has 0 spiro atoms. The summed E-state index contributed by atoms with van der Waals surface area (Å²) < 4.78 is 10.6. The topological polar surface area (TPSA) is 76.7 Å². The number of nitrogens with one attached hydrogen (secondary N) is 2. The van der Waals surface area contributed by atoms with E-state index in [-0.39, 0.29) is 24.0 Å². The van der Waals surface area contributed by atoms with E-state index >= 15 is 0 Å². The number of amides is 2. The number of carbonyl (C=O) groups excluding carboxylic acids is 2. The van der Waals surface area contributed by atoms with Crippen LogP contribution in [0.2, 0.25) is 0 Å². The minimum atomic E-state index is -0.649. The Morgan fingerprint density at radius 2 is 1.71 bits per heavy atom. The summed E-state index contributed by atoms with van der Waals surface area (Å²) in [6.45, 7) is 8.58. The second kappa shape index (κ2) is 7.92. The van der Waals surface area contributed by atoms with Crippen molar-refractivity contribution in [2.24, 2.45) is 0 Å². The van der Waals surface area contributed by atoms with Gasteiger partial charge in [-0.05, 0) is 47.7 Å². The molecule has 0 radical (unpaired) electrons. The lowest BCUT2D eigenvalue weighted by molar-refractivity contribution is -0.122. The molecule has 2 amide bonds. The van der Waals surface area contributed by atoms with Crippen molar-refractivity contribution in [1.82, 2.24) is 10.6 Å². The Hall–Kier alpha value is -3.02. The van der Waals surface area contributed by atoms with Crippen molar-refractivity contribution in [2.75, 3.05) is 6.79 Å². The highest BCUT2D eigenvalue weighted by molar-refractivity contribution is 5.97. The van der Waals surface area contributed by atoms with E-state index in [1.807, 2.05) is 30.3 Å². The van der Waals surface area contributed by atoms with Crippen LogP contribution in [0.3, 0.4) is 0 Å². The predicted molar refractivity (Wildman–Crippen MR) is 106 cm³/mol. The third-order valence-corrected chi connectivity index (χ3v) is 4.66. The van der Waals surface area contributed by atoms with Gasteiger partial charge in [0.1, 0.15) is 6.04 Å². The molecule has 2 N–H and O–H groups in total. The lowest BCUT2D eigenvalue weighted by Crippen LogP contribution is -2.44. The van der Waals surface area contributed by atoms with Gasteiger partial charge in [-0.2, -0.15) is 0 Å². The summed E-state index contributed by atoms with van der Waals surface area (Å²) in [6.07, 6.45) is 0. The van der Waals surface area contributed by atoms with Crippen LogP contribution in [-0.4, -0.2) is 24.6 Å². The first-order valence-corrected chi connectivity index (χ1v) is 9.32. The fourth-order valence-electron chi connectivity index (χ4n) is 2.86. The van der Waals surface area contributed by atoms with E-state index < -0.39 is 6.04 Å². The van der Waals surface area contributed by atoms with E-state index in [0.717, 1.165) is 11.1 Å². The van der Waals surface area contributed by atoms with Crippen molar-refractivity contribution in [1.29, 1.82) is 0 Å². The van der Waals surface area contributed by atoms with E-state index in [9.17, 15) is 9.59 Å². The second-order valence-corrected chi connectivity index (χ2v) is 7.93. The Morgan fingerprint density at radius 3 is 2.39 bits per heavy atom. The summed E-state index contributed by atoms with van der Waals surface area (Å²) in [7, 11) is 0. The van der Waals surface area contributed by atoms with E-state index in [1.165, 1.54) is 0 Å². The SMILES string of the molecule is CC(NC(=O)c1ccc(C(C)(C)C)cc1)C(=O)NCc1ccc2c(c1)OCO2. The fourth-order valence-corrected chi connectivity index (χ4v) is 2.86. The smallest absolute Gasteiger partial charge is 0.251 e. The van der Waals surface area contributed by atoms with Crippen LogP contribution in [0, 0.1) is 0 Å². The minimum Gasteiger partial charge on any atom is -0.454 e. The zero-order valence-corrected chi connectivity index (χ0v) is 16.7. The maximum absolute atomic E-state index is 12.4. The molecular formula is C22H26N2O4. The van der Waals surface area contributed by atoms with Gasteiger partial charge in [0.2, 0.25) is 12.7 Å². The zero-order chi connectivity index (χ0) is 20.3. The minimum absolute atomic E-state index is 0.0247. The van der Waals surface area contributed by atoms with Crippen molar-refractivity contribution < 1.29 is 19.1 Å². The molecule has 0 saturated heterocycles. The first-order chi connectivity index (χ1) is 13.2. The third-order valence-electron chi connectivity index (χ3n) is 4.66. The summed E-state index contributed by atoms with van der Waals surface area (Å²) in [5, 5.41) is 5.56. The standard InChI is InChI=1S/C22H26N2O4/c1-14(24-21(26)16-6-8-17(9-7-16)22(2,3)4)20(25)23-12-15-5-10-18-19(11-15)28-13-27-18/h5-11,14H,12-13H2,1-4H3,(H,23,25)(H,24,26). The number of fused-ring (bicyclic) bond motifs is 1. The normalized spacial score (nSPS) is 13.7. The van der Waals surface area contributed by atoms with Gasteiger partial charge >= 0.3 is 0 Å². The first kappa shape index (κ1) is 19.7. The van der Waals surface area contributed by atoms with Gasteiger partial charge in [0.15, 0.2) is 11.5 Å². The number of hydrogen-bond acceptors (Lipinski definition) is 4. The fraction of sp³-hybridized carbons (Fsp3) is 0.364. The van der Waals surface area contributed by atoms with Crippen molar-refractivity contribution in [3.8, 4) is 11.5 Å². The number of rotatable bonds is 5. The molecule has 148 valence electrons. The Balaban J connectivity index is 1.52. The Bertz CT molecular complexity index is 869. The lowest BCUT2D eigenvalue weighted by Gasteiger charge is -2.19. The maximum Gasteiger partial charge on any atom is 0.251 e. The van der Waals surface area contributed by atoms with Gasteiger partial charge < -0.3 is 20.1 Å². The van der Waals surface area contributed by atoms with Crippen molar-refractivity contribution in [3.05, 3.63) is 59.2 Å². The van der Waals surface area contributed by atoms with Crippen LogP contribution in [0.5, 0.6) is 11.5 Å². The molecule has 28 heavy (non-hydrogen) atoms. The van der Waals surface area contributed by atoms with Crippen LogP contribution in [0.1, 0.15) is 49.2 Å². The molecule has 1 atom stereocenters. The van der Waals surface area contributed by atoms with Crippen LogP contribution < -0.4 is 20.1 Å². The van der Waals surface area contributed by atoms with Gasteiger partial charge in [0.05, 0.1) is 0 Å². The molecule has 6 nitrogen and oxygen atoms in total. The molecule has 2 aromatic rings. The van der Waals surface area contributed by atoms with Gasteiger partial charge in [-0.15, -0.1) is 0 Å². The molecule has 3 rings (SSSR count).